The second kappa shape index (κ2) is 7.98. The quantitative estimate of drug-likeness (QED) is 0.769. The maximum Gasteiger partial charge on any atom is 0.250 e. The summed E-state index contributed by atoms with van der Waals surface area (Å²) in [4.78, 5) is 17.9. The van der Waals surface area contributed by atoms with E-state index in [1.54, 1.807) is 38.6 Å². The molecule has 1 aromatic carbocycles. The number of methoxy groups -OCH3 is 1. The molecule has 0 N–H and O–H groups in total. The monoisotopic (exact) mass is 312 g/mol. The number of amides is 1. The molecule has 0 spiro atoms. The van der Waals surface area contributed by atoms with Gasteiger partial charge in [-0.1, -0.05) is 18.2 Å². The standard InChI is InChI=1S/C18H20N2O3/c1-4-23-16-8-6-5-7-14(16)9-12-18(21)20(2)15-10-11-17(22-3)19-13-15/h5-13H,4H2,1-3H3/b12-9-. The summed E-state index contributed by atoms with van der Waals surface area (Å²) in [5, 5.41) is 0. The molecular formula is C18H20N2O3. The third kappa shape index (κ3) is 4.32. The second-order valence-electron chi connectivity index (χ2n) is 4.76. The van der Waals surface area contributed by atoms with Crippen LogP contribution >= 0.6 is 0 Å². The third-order valence-corrected chi connectivity index (χ3v) is 3.27. The summed E-state index contributed by atoms with van der Waals surface area (Å²) in [7, 11) is 3.25. The van der Waals surface area contributed by atoms with E-state index in [2.05, 4.69) is 4.98 Å². The van der Waals surface area contributed by atoms with Crippen LogP contribution in [0.15, 0.2) is 48.7 Å². The molecule has 0 bridgehead atoms. The molecule has 0 aliphatic rings. The van der Waals surface area contributed by atoms with Crippen molar-refractivity contribution < 1.29 is 14.3 Å². The number of para-hydroxylation sites is 1. The highest BCUT2D eigenvalue weighted by Crippen LogP contribution is 2.20. The minimum Gasteiger partial charge on any atom is -0.493 e. The first-order valence-corrected chi connectivity index (χ1v) is 7.33. The summed E-state index contributed by atoms with van der Waals surface area (Å²) >= 11 is 0. The molecule has 2 aromatic rings. The lowest BCUT2D eigenvalue weighted by Gasteiger charge is -2.15. The highest BCUT2D eigenvalue weighted by Gasteiger charge is 2.09. The zero-order chi connectivity index (χ0) is 16.7. The smallest absolute Gasteiger partial charge is 0.250 e. The van der Waals surface area contributed by atoms with Gasteiger partial charge in [0.1, 0.15) is 5.75 Å². The van der Waals surface area contributed by atoms with Crippen LogP contribution in [0.5, 0.6) is 11.6 Å². The summed E-state index contributed by atoms with van der Waals surface area (Å²) in [6.07, 6.45) is 4.86. The normalized spacial score (nSPS) is 10.6. The van der Waals surface area contributed by atoms with Crippen LogP contribution in [0.1, 0.15) is 12.5 Å². The molecule has 0 unspecified atom stereocenters. The zero-order valence-corrected chi connectivity index (χ0v) is 13.5. The Balaban J connectivity index is 2.11. The number of anilines is 1. The lowest BCUT2D eigenvalue weighted by atomic mass is 10.2. The number of aromatic nitrogens is 1. The maximum absolute atomic E-state index is 12.3. The second-order valence-corrected chi connectivity index (χ2v) is 4.76. The van der Waals surface area contributed by atoms with Gasteiger partial charge >= 0.3 is 0 Å². The lowest BCUT2D eigenvalue weighted by Crippen LogP contribution is -2.24. The van der Waals surface area contributed by atoms with Crippen molar-refractivity contribution in [1.82, 2.24) is 4.98 Å². The number of rotatable bonds is 6. The van der Waals surface area contributed by atoms with Crippen molar-refractivity contribution in [2.24, 2.45) is 0 Å². The number of ether oxygens (including phenoxy) is 2. The molecular weight excluding hydrogens is 292 g/mol. The fourth-order valence-electron chi connectivity index (χ4n) is 2.00. The first-order chi connectivity index (χ1) is 11.2. The zero-order valence-electron chi connectivity index (χ0n) is 13.5. The molecule has 0 aliphatic heterocycles. The van der Waals surface area contributed by atoms with Gasteiger partial charge in [0.15, 0.2) is 0 Å². The van der Waals surface area contributed by atoms with Crippen molar-refractivity contribution in [3.8, 4) is 11.6 Å². The van der Waals surface area contributed by atoms with Crippen LogP contribution in [-0.2, 0) is 4.79 Å². The predicted octanol–water partition coefficient (Wildman–Crippen LogP) is 3.17. The summed E-state index contributed by atoms with van der Waals surface area (Å²) in [5.74, 6) is 1.12. The number of hydrogen-bond donors (Lipinski definition) is 0. The summed E-state index contributed by atoms with van der Waals surface area (Å²) in [6.45, 7) is 2.51. The number of carbonyl (C=O) groups excluding carboxylic acids is 1. The maximum atomic E-state index is 12.3. The van der Waals surface area contributed by atoms with E-state index in [4.69, 9.17) is 9.47 Å². The highest BCUT2D eigenvalue weighted by atomic mass is 16.5. The molecule has 1 heterocycles. The first-order valence-electron chi connectivity index (χ1n) is 7.33. The molecule has 1 amide bonds. The molecule has 5 heteroatoms. The van der Waals surface area contributed by atoms with Gasteiger partial charge in [0.05, 0.1) is 25.6 Å². The molecule has 0 fully saturated rings. The third-order valence-electron chi connectivity index (χ3n) is 3.27. The fraction of sp³-hybridized carbons (Fsp3) is 0.222. The Morgan fingerprint density at radius 2 is 2.04 bits per heavy atom. The summed E-state index contributed by atoms with van der Waals surface area (Å²) in [6, 6.07) is 11.1. The van der Waals surface area contributed by atoms with E-state index in [1.165, 1.54) is 11.0 Å². The van der Waals surface area contributed by atoms with E-state index in [0.717, 1.165) is 11.3 Å². The average Bonchev–Trinajstić information content (AvgIpc) is 2.60. The first kappa shape index (κ1) is 16.5. The van der Waals surface area contributed by atoms with Crippen LogP contribution < -0.4 is 14.4 Å². The van der Waals surface area contributed by atoms with Gasteiger partial charge < -0.3 is 14.4 Å². The number of nitrogens with zero attached hydrogens (tertiary/aromatic N) is 2. The molecule has 2 rings (SSSR count). The Kier molecular flexibility index (Phi) is 5.74. The molecule has 5 nitrogen and oxygen atoms in total. The Hall–Kier alpha value is -2.82. The van der Waals surface area contributed by atoms with Gasteiger partial charge in [0.25, 0.3) is 5.91 Å². The van der Waals surface area contributed by atoms with Crippen LogP contribution in [-0.4, -0.2) is 31.7 Å². The van der Waals surface area contributed by atoms with Crippen molar-refractivity contribution >= 4 is 17.7 Å². The van der Waals surface area contributed by atoms with Crippen molar-refractivity contribution in [1.29, 1.82) is 0 Å². The number of benzene rings is 1. The predicted molar refractivity (Wildman–Crippen MR) is 90.8 cm³/mol. The molecule has 0 aliphatic carbocycles. The minimum absolute atomic E-state index is 0.150. The molecule has 0 saturated heterocycles. The lowest BCUT2D eigenvalue weighted by molar-refractivity contribution is -0.113. The number of carbonyl (C=O) groups is 1. The van der Waals surface area contributed by atoms with E-state index in [9.17, 15) is 4.79 Å². The van der Waals surface area contributed by atoms with Gasteiger partial charge in [-0.25, -0.2) is 4.98 Å². The molecule has 120 valence electrons. The van der Waals surface area contributed by atoms with E-state index in [1.807, 2.05) is 31.2 Å². The summed E-state index contributed by atoms with van der Waals surface area (Å²) in [5.41, 5.74) is 1.56. The van der Waals surface area contributed by atoms with Gasteiger partial charge in [-0.15, -0.1) is 0 Å². The van der Waals surface area contributed by atoms with Crippen molar-refractivity contribution in [2.45, 2.75) is 6.92 Å². The van der Waals surface area contributed by atoms with E-state index >= 15 is 0 Å². The minimum atomic E-state index is -0.150. The van der Waals surface area contributed by atoms with Crippen molar-refractivity contribution in [2.75, 3.05) is 25.7 Å². The molecule has 23 heavy (non-hydrogen) atoms. The largest absolute Gasteiger partial charge is 0.493 e. The topological polar surface area (TPSA) is 51.7 Å². The van der Waals surface area contributed by atoms with Crippen LogP contribution in [0.2, 0.25) is 0 Å². The molecule has 1 aromatic heterocycles. The Morgan fingerprint density at radius 3 is 2.70 bits per heavy atom. The van der Waals surface area contributed by atoms with Crippen LogP contribution in [0.3, 0.4) is 0 Å². The van der Waals surface area contributed by atoms with Gasteiger partial charge in [0, 0.05) is 24.8 Å². The van der Waals surface area contributed by atoms with Crippen LogP contribution in [0, 0.1) is 0 Å². The average molecular weight is 312 g/mol. The van der Waals surface area contributed by atoms with Crippen molar-refractivity contribution in [3.05, 3.63) is 54.2 Å². The number of likely N-dealkylation sites (N-methyl/N-ethyl adjacent to an activating group) is 1. The van der Waals surface area contributed by atoms with Gasteiger partial charge in [-0.2, -0.15) is 0 Å². The van der Waals surface area contributed by atoms with E-state index in [0.29, 0.717) is 18.2 Å². The Morgan fingerprint density at radius 1 is 1.26 bits per heavy atom. The fourth-order valence-corrected chi connectivity index (χ4v) is 2.00. The van der Waals surface area contributed by atoms with Gasteiger partial charge in [0.2, 0.25) is 5.88 Å². The Bertz CT molecular complexity index is 681. The van der Waals surface area contributed by atoms with Gasteiger partial charge in [-0.3, -0.25) is 4.79 Å². The summed E-state index contributed by atoms with van der Waals surface area (Å²) < 4.78 is 10.5. The molecule has 0 atom stereocenters. The highest BCUT2D eigenvalue weighted by molar-refractivity contribution is 6.03. The van der Waals surface area contributed by atoms with Crippen LogP contribution in [0.25, 0.3) is 6.08 Å². The number of hydrogen-bond acceptors (Lipinski definition) is 4. The number of pyridine rings is 1. The molecule has 0 radical (unpaired) electrons. The van der Waals surface area contributed by atoms with E-state index in [-0.39, 0.29) is 5.91 Å². The molecule has 0 saturated carbocycles. The van der Waals surface area contributed by atoms with Crippen molar-refractivity contribution in [3.63, 3.8) is 0 Å². The SMILES string of the molecule is CCOc1ccccc1/C=C\C(=O)N(C)c1ccc(OC)nc1. The Labute approximate surface area is 136 Å². The van der Waals surface area contributed by atoms with Crippen LogP contribution in [0.4, 0.5) is 5.69 Å². The van der Waals surface area contributed by atoms with Gasteiger partial charge in [-0.05, 0) is 25.1 Å². The van der Waals surface area contributed by atoms with E-state index < -0.39 is 0 Å².